The quantitative estimate of drug-likeness (QED) is 0.676. The van der Waals surface area contributed by atoms with E-state index in [0.717, 1.165) is 32.0 Å². The van der Waals surface area contributed by atoms with Crippen LogP contribution in [-0.2, 0) is 0 Å². The molecule has 2 N–H and O–H groups in total. The first-order valence-corrected chi connectivity index (χ1v) is 8.18. The van der Waals surface area contributed by atoms with Crippen molar-refractivity contribution in [2.45, 2.75) is 83.8 Å². The molecule has 0 bridgehead atoms. The number of nitrogens with one attached hydrogen (secondary N) is 1. The highest BCUT2D eigenvalue weighted by Gasteiger charge is 2.31. The van der Waals surface area contributed by atoms with E-state index in [9.17, 15) is 5.11 Å². The standard InChI is InChI=1S/C16H34N2O/c1-5-11-17-16(4,13-19)12-14(3)18(6-2)15-9-7-8-10-15/h14-15,17,19H,5-13H2,1-4H3. The average molecular weight is 270 g/mol. The van der Waals surface area contributed by atoms with Gasteiger partial charge in [-0.3, -0.25) is 4.90 Å². The first-order chi connectivity index (χ1) is 9.06. The second-order valence-electron chi connectivity index (χ2n) is 6.47. The predicted molar refractivity (Wildman–Crippen MR) is 82.5 cm³/mol. The van der Waals surface area contributed by atoms with Crippen LogP contribution in [0.5, 0.6) is 0 Å². The van der Waals surface area contributed by atoms with Crippen LogP contribution in [0.15, 0.2) is 0 Å². The molecule has 0 aromatic rings. The predicted octanol–water partition coefficient (Wildman–Crippen LogP) is 2.78. The van der Waals surface area contributed by atoms with Crippen molar-refractivity contribution < 1.29 is 5.11 Å². The molecule has 1 aliphatic rings. The van der Waals surface area contributed by atoms with Crippen molar-refractivity contribution in [3.05, 3.63) is 0 Å². The lowest BCUT2D eigenvalue weighted by atomic mass is 9.92. The van der Waals surface area contributed by atoms with Crippen molar-refractivity contribution in [2.24, 2.45) is 0 Å². The molecule has 0 aromatic heterocycles. The third-order valence-electron chi connectivity index (χ3n) is 4.62. The molecule has 0 radical (unpaired) electrons. The van der Waals surface area contributed by atoms with Crippen LogP contribution in [0.3, 0.4) is 0 Å². The van der Waals surface area contributed by atoms with Gasteiger partial charge in [0.15, 0.2) is 0 Å². The maximum absolute atomic E-state index is 9.70. The topological polar surface area (TPSA) is 35.5 Å². The highest BCUT2D eigenvalue weighted by Crippen LogP contribution is 2.27. The van der Waals surface area contributed by atoms with E-state index in [2.05, 4.69) is 37.9 Å². The summed E-state index contributed by atoms with van der Waals surface area (Å²) in [5.74, 6) is 0. The molecule has 0 spiro atoms. The van der Waals surface area contributed by atoms with Gasteiger partial charge in [-0.25, -0.2) is 0 Å². The molecule has 2 atom stereocenters. The van der Waals surface area contributed by atoms with Crippen molar-refractivity contribution >= 4 is 0 Å². The van der Waals surface area contributed by atoms with Gasteiger partial charge in [0.2, 0.25) is 0 Å². The molecule has 1 fully saturated rings. The zero-order valence-electron chi connectivity index (χ0n) is 13.4. The van der Waals surface area contributed by atoms with Gasteiger partial charge >= 0.3 is 0 Å². The Morgan fingerprint density at radius 1 is 1.32 bits per heavy atom. The number of hydrogen-bond acceptors (Lipinski definition) is 3. The Hall–Kier alpha value is -0.120. The lowest BCUT2D eigenvalue weighted by Crippen LogP contribution is -2.52. The zero-order chi connectivity index (χ0) is 14.3. The van der Waals surface area contributed by atoms with Gasteiger partial charge in [-0.05, 0) is 52.6 Å². The Morgan fingerprint density at radius 2 is 1.95 bits per heavy atom. The van der Waals surface area contributed by atoms with Crippen molar-refractivity contribution in [1.29, 1.82) is 0 Å². The normalized spacial score (nSPS) is 21.8. The summed E-state index contributed by atoms with van der Waals surface area (Å²) in [7, 11) is 0. The van der Waals surface area contributed by atoms with Crippen LogP contribution in [-0.4, -0.2) is 47.3 Å². The Labute approximate surface area is 119 Å². The molecule has 2 unspecified atom stereocenters. The van der Waals surface area contributed by atoms with E-state index >= 15 is 0 Å². The summed E-state index contributed by atoms with van der Waals surface area (Å²) in [5.41, 5.74) is -0.137. The van der Waals surface area contributed by atoms with Gasteiger partial charge in [-0.15, -0.1) is 0 Å². The second kappa shape index (κ2) is 8.23. The van der Waals surface area contributed by atoms with E-state index in [4.69, 9.17) is 0 Å². The highest BCUT2D eigenvalue weighted by molar-refractivity contribution is 4.89. The van der Waals surface area contributed by atoms with Gasteiger partial charge in [0.05, 0.1) is 6.61 Å². The Kier molecular flexibility index (Phi) is 7.33. The largest absolute Gasteiger partial charge is 0.394 e. The summed E-state index contributed by atoms with van der Waals surface area (Å²) in [6.45, 7) is 11.3. The van der Waals surface area contributed by atoms with Gasteiger partial charge in [0.25, 0.3) is 0 Å². The zero-order valence-corrected chi connectivity index (χ0v) is 13.4. The molecule has 0 heterocycles. The van der Waals surface area contributed by atoms with Crippen LogP contribution in [0.25, 0.3) is 0 Å². The van der Waals surface area contributed by atoms with E-state index in [1.165, 1.54) is 25.7 Å². The van der Waals surface area contributed by atoms with Crippen LogP contribution in [0.2, 0.25) is 0 Å². The monoisotopic (exact) mass is 270 g/mol. The summed E-state index contributed by atoms with van der Waals surface area (Å²) < 4.78 is 0. The van der Waals surface area contributed by atoms with Crippen molar-refractivity contribution in [3.63, 3.8) is 0 Å². The van der Waals surface area contributed by atoms with Crippen molar-refractivity contribution in [3.8, 4) is 0 Å². The van der Waals surface area contributed by atoms with Gasteiger partial charge in [-0.1, -0.05) is 26.7 Å². The number of nitrogens with zero attached hydrogens (tertiary/aromatic N) is 1. The van der Waals surface area contributed by atoms with Gasteiger partial charge in [0.1, 0.15) is 0 Å². The molecule has 0 aromatic carbocycles. The van der Waals surface area contributed by atoms with Gasteiger partial charge in [0, 0.05) is 17.6 Å². The molecule has 3 nitrogen and oxygen atoms in total. The molecule has 1 rings (SSSR count). The fourth-order valence-corrected chi connectivity index (χ4v) is 3.55. The van der Waals surface area contributed by atoms with E-state index in [0.29, 0.717) is 6.04 Å². The SMILES string of the molecule is CCCNC(C)(CO)CC(C)N(CC)C1CCCC1. The maximum Gasteiger partial charge on any atom is 0.0611 e. The van der Waals surface area contributed by atoms with Crippen LogP contribution in [0.1, 0.15) is 66.2 Å². The number of hydrogen-bond donors (Lipinski definition) is 2. The molecular formula is C16H34N2O. The van der Waals surface area contributed by atoms with Gasteiger partial charge < -0.3 is 10.4 Å². The third kappa shape index (κ3) is 5.05. The van der Waals surface area contributed by atoms with Crippen molar-refractivity contribution in [2.75, 3.05) is 19.7 Å². The molecule has 1 saturated carbocycles. The Balaban J connectivity index is 2.55. The number of aliphatic hydroxyl groups is 1. The van der Waals surface area contributed by atoms with Crippen LogP contribution < -0.4 is 5.32 Å². The molecule has 0 aliphatic heterocycles. The van der Waals surface area contributed by atoms with E-state index in [1.54, 1.807) is 0 Å². The fraction of sp³-hybridized carbons (Fsp3) is 1.00. The van der Waals surface area contributed by atoms with Gasteiger partial charge in [-0.2, -0.15) is 0 Å². The summed E-state index contributed by atoms with van der Waals surface area (Å²) in [6.07, 6.45) is 7.63. The molecular weight excluding hydrogens is 236 g/mol. The lowest BCUT2D eigenvalue weighted by molar-refractivity contribution is 0.0924. The first kappa shape index (κ1) is 16.9. The molecule has 1 aliphatic carbocycles. The summed E-state index contributed by atoms with van der Waals surface area (Å²) in [5, 5.41) is 13.2. The summed E-state index contributed by atoms with van der Waals surface area (Å²) in [4.78, 5) is 2.65. The van der Waals surface area contributed by atoms with E-state index in [1.807, 2.05) is 0 Å². The van der Waals surface area contributed by atoms with Crippen LogP contribution in [0.4, 0.5) is 0 Å². The van der Waals surface area contributed by atoms with Crippen LogP contribution in [0, 0.1) is 0 Å². The van der Waals surface area contributed by atoms with E-state index in [-0.39, 0.29) is 12.1 Å². The maximum atomic E-state index is 9.70. The minimum atomic E-state index is -0.137. The average Bonchev–Trinajstić information content (AvgIpc) is 2.91. The lowest BCUT2D eigenvalue weighted by Gasteiger charge is -2.39. The molecule has 114 valence electrons. The number of rotatable bonds is 9. The smallest absolute Gasteiger partial charge is 0.0611 e. The second-order valence-corrected chi connectivity index (χ2v) is 6.47. The van der Waals surface area contributed by atoms with E-state index < -0.39 is 0 Å². The summed E-state index contributed by atoms with van der Waals surface area (Å²) >= 11 is 0. The third-order valence-corrected chi connectivity index (χ3v) is 4.62. The Morgan fingerprint density at radius 3 is 2.42 bits per heavy atom. The minimum Gasteiger partial charge on any atom is -0.394 e. The first-order valence-electron chi connectivity index (χ1n) is 8.18. The summed E-state index contributed by atoms with van der Waals surface area (Å²) in [6, 6.07) is 1.31. The number of aliphatic hydroxyl groups excluding tert-OH is 1. The molecule has 3 heteroatoms. The fourth-order valence-electron chi connectivity index (χ4n) is 3.55. The highest BCUT2D eigenvalue weighted by atomic mass is 16.3. The molecule has 19 heavy (non-hydrogen) atoms. The minimum absolute atomic E-state index is 0.137. The Bertz CT molecular complexity index is 241. The molecule has 0 saturated heterocycles. The van der Waals surface area contributed by atoms with Crippen LogP contribution >= 0.6 is 0 Å². The molecule has 0 amide bonds. The van der Waals surface area contributed by atoms with Crippen molar-refractivity contribution in [1.82, 2.24) is 10.2 Å².